The molecule has 1 aromatic heterocycles. The van der Waals surface area contributed by atoms with E-state index < -0.39 is 0 Å². The first-order chi connectivity index (χ1) is 8.09. The second kappa shape index (κ2) is 4.87. The van der Waals surface area contributed by atoms with Gasteiger partial charge in [0, 0.05) is 18.7 Å². The molecule has 0 radical (unpaired) electrons. The van der Waals surface area contributed by atoms with E-state index in [0.29, 0.717) is 11.9 Å². The molecule has 1 unspecified atom stereocenters. The Hall–Kier alpha value is -1.36. The number of rotatable bonds is 3. The van der Waals surface area contributed by atoms with Crippen molar-refractivity contribution in [2.45, 2.75) is 38.3 Å². The van der Waals surface area contributed by atoms with Crippen molar-refractivity contribution in [2.24, 2.45) is 0 Å². The lowest BCUT2D eigenvalue weighted by Crippen LogP contribution is -2.40. The van der Waals surface area contributed by atoms with Crippen LogP contribution < -0.4 is 10.1 Å². The third kappa shape index (κ3) is 3.30. The standard InChI is InChI=1S/C12H19N3O2/c1-12(2)7-9(4-5-17-12)15-10-6-11(16-3)14-8-13-10/h6,8-9H,4-5,7H2,1-3H3,(H,13,14,15). The Balaban J connectivity index is 2.00. The van der Waals surface area contributed by atoms with Crippen molar-refractivity contribution < 1.29 is 9.47 Å². The van der Waals surface area contributed by atoms with Crippen molar-refractivity contribution in [3.8, 4) is 5.88 Å². The van der Waals surface area contributed by atoms with Gasteiger partial charge in [-0.25, -0.2) is 9.97 Å². The summed E-state index contributed by atoms with van der Waals surface area (Å²) in [5, 5.41) is 3.40. The Morgan fingerprint density at radius 2 is 2.29 bits per heavy atom. The number of hydrogen-bond donors (Lipinski definition) is 1. The Kier molecular flexibility index (Phi) is 3.47. The molecule has 0 saturated carbocycles. The normalized spacial score (nSPS) is 23.1. The first-order valence-corrected chi connectivity index (χ1v) is 5.85. The number of ether oxygens (including phenoxy) is 2. The topological polar surface area (TPSA) is 56.3 Å². The lowest BCUT2D eigenvalue weighted by atomic mass is 9.94. The van der Waals surface area contributed by atoms with E-state index >= 15 is 0 Å². The van der Waals surface area contributed by atoms with Gasteiger partial charge in [0.2, 0.25) is 5.88 Å². The fourth-order valence-corrected chi connectivity index (χ4v) is 2.09. The Bertz CT molecular complexity index is 382. The van der Waals surface area contributed by atoms with Gasteiger partial charge in [-0.15, -0.1) is 0 Å². The van der Waals surface area contributed by atoms with Crippen molar-refractivity contribution in [2.75, 3.05) is 19.0 Å². The van der Waals surface area contributed by atoms with Gasteiger partial charge in [-0.3, -0.25) is 0 Å². The average molecular weight is 237 g/mol. The molecule has 1 fully saturated rings. The summed E-state index contributed by atoms with van der Waals surface area (Å²) in [5.74, 6) is 1.38. The van der Waals surface area contributed by atoms with Crippen LogP contribution in [0.1, 0.15) is 26.7 Å². The molecular weight excluding hydrogens is 218 g/mol. The monoisotopic (exact) mass is 237 g/mol. The summed E-state index contributed by atoms with van der Waals surface area (Å²) in [6, 6.07) is 2.20. The molecule has 0 bridgehead atoms. The van der Waals surface area contributed by atoms with Crippen LogP contribution in [0.15, 0.2) is 12.4 Å². The van der Waals surface area contributed by atoms with Gasteiger partial charge in [0.25, 0.3) is 0 Å². The van der Waals surface area contributed by atoms with Gasteiger partial charge in [-0.2, -0.15) is 0 Å². The minimum absolute atomic E-state index is 0.0625. The zero-order valence-electron chi connectivity index (χ0n) is 10.6. The average Bonchev–Trinajstić information content (AvgIpc) is 2.28. The molecule has 1 aliphatic heterocycles. The smallest absolute Gasteiger partial charge is 0.218 e. The Labute approximate surface area is 102 Å². The Morgan fingerprint density at radius 3 is 3.00 bits per heavy atom. The molecule has 0 aromatic carbocycles. The highest BCUT2D eigenvalue weighted by Crippen LogP contribution is 2.26. The van der Waals surface area contributed by atoms with E-state index in [4.69, 9.17) is 9.47 Å². The van der Waals surface area contributed by atoms with Crippen LogP contribution in [-0.4, -0.2) is 35.3 Å². The molecule has 2 heterocycles. The second-order valence-electron chi connectivity index (χ2n) is 4.89. The molecule has 0 amide bonds. The maximum atomic E-state index is 5.68. The molecule has 2 rings (SSSR count). The molecule has 0 aliphatic carbocycles. The van der Waals surface area contributed by atoms with E-state index in [2.05, 4.69) is 29.1 Å². The quantitative estimate of drug-likeness (QED) is 0.869. The summed E-state index contributed by atoms with van der Waals surface area (Å²) >= 11 is 0. The van der Waals surface area contributed by atoms with Crippen LogP contribution in [-0.2, 0) is 4.74 Å². The van der Waals surface area contributed by atoms with Crippen molar-refractivity contribution in [3.63, 3.8) is 0 Å². The molecule has 1 N–H and O–H groups in total. The molecule has 17 heavy (non-hydrogen) atoms. The third-order valence-corrected chi connectivity index (χ3v) is 2.90. The van der Waals surface area contributed by atoms with E-state index in [-0.39, 0.29) is 5.60 Å². The predicted molar refractivity (Wildman–Crippen MR) is 65.3 cm³/mol. The van der Waals surface area contributed by atoms with Crippen molar-refractivity contribution in [1.82, 2.24) is 9.97 Å². The summed E-state index contributed by atoms with van der Waals surface area (Å²) in [6.07, 6.45) is 3.47. The maximum Gasteiger partial charge on any atom is 0.218 e. The molecule has 1 aromatic rings. The lowest BCUT2D eigenvalue weighted by molar-refractivity contribution is -0.0553. The SMILES string of the molecule is COc1cc(NC2CCOC(C)(C)C2)ncn1. The van der Waals surface area contributed by atoms with Gasteiger partial charge in [-0.1, -0.05) is 0 Å². The second-order valence-corrected chi connectivity index (χ2v) is 4.89. The van der Waals surface area contributed by atoms with Gasteiger partial charge in [0.15, 0.2) is 0 Å². The molecular formula is C12H19N3O2. The third-order valence-electron chi connectivity index (χ3n) is 2.90. The van der Waals surface area contributed by atoms with Crippen LogP contribution in [0.2, 0.25) is 0 Å². The summed E-state index contributed by atoms with van der Waals surface area (Å²) in [4.78, 5) is 8.17. The van der Waals surface area contributed by atoms with E-state index in [0.717, 1.165) is 25.3 Å². The van der Waals surface area contributed by atoms with Crippen molar-refractivity contribution >= 4 is 5.82 Å². The van der Waals surface area contributed by atoms with E-state index in [9.17, 15) is 0 Å². The van der Waals surface area contributed by atoms with Gasteiger partial charge >= 0.3 is 0 Å². The summed E-state index contributed by atoms with van der Waals surface area (Å²) in [5.41, 5.74) is -0.0625. The fourth-order valence-electron chi connectivity index (χ4n) is 2.09. The Morgan fingerprint density at radius 1 is 1.47 bits per heavy atom. The van der Waals surface area contributed by atoms with Crippen molar-refractivity contribution in [3.05, 3.63) is 12.4 Å². The van der Waals surface area contributed by atoms with Crippen LogP contribution in [0.25, 0.3) is 0 Å². The van der Waals surface area contributed by atoms with E-state index in [1.807, 2.05) is 6.07 Å². The number of nitrogens with one attached hydrogen (secondary N) is 1. The van der Waals surface area contributed by atoms with Gasteiger partial charge < -0.3 is 14.8 Å². The zero-order chi connectivity index (χ0) is 12.3. The molecule has 1 aliphatic rings. The highest BCUT2D eigenvalue weighted by atomic mass is 16.5. The van der Waals surface area contributed by atoms with Gasteiger partial charge in [0.05, 0.1) is 12.7 Å². The highest BCUT2D eigenvalue weighted by Gasteiger charge is 2.28. The highest BCUT2D eigenvalue weighted by molar-refractivity contribution is 5.38. The fraction of sp³-hybridized carbons (Fsp3) is 0.667. The minimum atomic E-state index is -0.0625. The molecule has 1 saturated heterocycles. The van der Waals surface area contributed by atoms with Crippen LogP contribution in [0.4, 0.5) is 5.82 Å². The molecule has 0 spiro atoms. The van der Waals surface area contributed by atoms with Gasteiger partial charge in [-0.05, 0) is 26.7 Å². The summed E-state index contributed by atoms with van der Waals surface area (Å²) < 4.78 is 10.7. The molecule has 5 nitrogen and oxygen atoms in total. The zero-order valence-corrected chi connectivity index (χ0v) is 10.6. The summed E-state index contributed by atoms with van der Waals surface area (Å²) in [7, 11) is 1.60. The van der Waals surface area contributed by atoms with E-state index in [1.165, 1.54) is 6.33 Å². The van der Waals surface area contributed by atoms with Crippen LogP contribution in [0.5, 0.6) is 5.88 Å². The number of methoxy groups -OCH3 is 1. The largest absolute Gasteiger partial charge is 0.481 e. The first kappa shape index (κ1) is 12.1. The number of aromatic nitrogens is 2. The minimum Gasteiger partial charge on any atom is -0.481 e. The molecule has 1 atom stereocenters. The molecule has 94 valence electrons. The number of anilines is 1. The van der Waals surface area contributed by atoms with Crippen LogP contribution >= 0.6 is 0 Å². The molecule has 5 heteroatoms. The van der Waals surface area contributed by atoms with Crippen LogP contribution in [0.3, 0.4) is 0 Å². The summed E-state index contributed by atoms with van der Waals surface area (Å²) in [6.45, 7) is 5.01. The predicted octanol–water partition coefficient (Wildman–Crippen LogP) is 1.85. The van der Waals surface area contributed by atoms with Crippen molar-refractivity contribution in [1.29, 1.82) is 0 Å². The van der Waals surface area contributed by atoms with Crippen LogP contribution in [0, 0.1) is 0 Å². The number of nitrogens with zero attached hydrogens (tertiary/aromatic N) is 2. The number of hydrogen-bond acceptors (Lipinski definition) is 5. The van der Waals surface area contributed by atoms with E-state index in [1.54, 1.807) is 7.11 Å². The maximum absolute atomic E-state index is 5.68. The first-order valence-electron chi connectivity index (χ1n) is 5.85. The van der Waals surface area contributed by atoms with Gasteiger partial charge in [0.1, 0.15) is 12.1 Å². The lowest BCUT2D eigenvalue weighted by Gasteiger charge is -2.36.